The van der Waals surface area contributed by atoms with Crippen molar-refractivity contribution in [3.05, 3.63) is 71.9 Å². The average Bonchev–Trinajstić information content (AvgIpc) is 3.64. The van der Waals surface area contributed by atoms with E-state index >= 15 is 0 Å². The Balaban J connectivity index is 1.61. The number of hydrogen-bond donors (Lipinski definition) is 1. The smallest absolute Gasteiger partial charge is 0.361 e. The van der Waals surface area contributed by atoms with Crippen LogP contribution >= 0.6 is 0 Å². The van der Waals surface area contributed by atoms with Crippen LogP contribution in [0.1, 0.15) is 43.2 Å². The summed E-state index contributed by atoms with van der Waals surface area (Å²) in [6.45, 7) is 5.49. The zero-order chi connectivity index (χ0) is 29.8. The highest BCUT2D eigenvalue weighted by Gasteiger charge is 2.37. The highest BCUT2D eigenvalue weighted by molar-refractivity contribution is 7.90. The number of nitrogens with one attached hydrogen (secondary N) is 1. The van der Waals surface area contributed by atoms with Gasteiger partial charge in [0.2, 0.25) is 5.95 Å². The number of anilines is 1. The van der Waals surface area contributed by atoms with Gasteiger partial charge in [0.05, 0.1) is 27.5 Å². The van der Waals surface area contributed by atoms with Crippen LogP contribution in [0.25, 0.3) is 33.5 Å². The summed E-state index contributed by atoms with van der Waals surface area (Å²) in [5.41, 5.74) is -0.155. The molecule has 0 saturated heterocycles. The first-order chi connectivity index (χ1) is 19.9. The van der Waals surface area contributed by atoms with Gasteiger partial charge in [-0.15, -0.1) is 0 Å². The largest absolute Gasteiger partial charge is 0.419 e. The number of fused-ring (bicyclic) bond motifs is 1. The van der Waals surface area contributed by atoms with E-state index < -0.39 is 27.5 Å². The normalized spacial score (nSPS) is 17.7. The molecule has 0 amide bonds. The lowest BCUT2D eigenvalue weighted by atomic mass is 10.0. The zero-order valence-corrected chi connectivity index (χ0v) is 23.8. The first-order valence-electron chi connectivity index (χ1n) is 13.4. The highest BCUT2D eigenvalue weighted by atomic mass is 32.2. The molecule has 4 heterocycles. The van der Waals surface area contributed by atoms with Gasteiger partial charge in [-0.1, -0.05) is 36.7 Å². The third-order valence-corrected chi connectivity index (χ3v) is 9.40. The van der Waals surface area contributed by atoms with Crippen LogP contribution in [0.15, 0.2) is 64.3 Å². The van der Waals surface area contributed by atoms with Gasteiger partial charge >= 0.3 is 6.18 Å². The number of aryl methyl sites for hydroxylation is 2. The predicted molar refractivity (Wildman–Crippen MR) is 150 cm³/mol. The Labute approximate surface area is 239 Å². The van der Waals surface area contributed by atoms with Gasteiger partial charge < -0.3 is 9.84 Å². The number of benzene rings is 1. The maximum Gasteiger partial charge on any atom is 0.419 e. The van der Waals surface area contributed by atoms with Gasteiger partial charge in [0.25, 0.3) is 10.0 Å². The zero-order valence-electron chi connectivity index (χ0n) is 23.0. The summed E-state index contributed by atoms with van der Waals surface area (Å²) in [6.07, 6.45) is -0.0674. The molecule has 1 saturated carbocycles. The molecule has 6 rings (SSSR count). The minimum absolute atomic E-state index is 0.0219. The van der Waals surface area contributed by atoms with E-state index in [2.05, 4.69) is 32.3 Å². The Morgan fingerprint density at radius 3 is 2.45 bits per heavy atom. The summed E-state index contributed by atoms with van der Waals surface area (Å²) in [5.74, 6) is 0.823. The van der Waals surface area contributed by atoms with Gasteiger partial charge in [-0.3, -0.25) is 0 Å². The Morgan fingerprint density at radius 1 is 1.05 bits per heavy atom. The standard InChI is InChI=1S/C29H27F3N6O3S/c1-16-8-7-11-23(16)35-28-33-14-22(29(30,31)32)26(36-28)21-15-38(42(39,40)19-9-5-4-6-10-19)27-20(21)12-13-24(34-27)25-17(2)37-41-18(25)3/h4-6,9-10,12-16,23H,7-8,11H2,1-3H3,(H,33,35,36). The quantitative estimate of drug-likeness (QED) is 0.233. The molecule has 0 radical (unpaired) electrons. The van der Waals surface area contributed by atoms with Crippen molar-refractivity contribution in [2.75, 3.05) is 5.32 Å². The van der Waals surface area contributed by atoms with Crippen LogP contribution in [0.3, 0.4) is 0 Å². The second-order valence-electron chi connectivity index (χ2n) is 10.5. The molecule has 2 unspecified atom stereocenters. The Kier molecular flexibility index (Phi) is 6.79. The second kappa shape index (κ2) is 10.2. The van der Waals surface area contributed by atoms with Crippen LogP contribution in [0.2, 0.25) is 0 Å². The van der Waals surface area contributed by atoms with Gasteiger partial charge in [0, 0.05) is 29.4 Å². The van der Waals surface area contributed by atoms with Gasteiger partial charge in [0.1, 0.15) is 11.3 Å². The molecule has 0 bridgehead atoms. The predicted octanol–water partition coefficient (Wildman–Crippen LogP) is 6.62. The molecule has 0 spiro atoms. The number of hydrogen-bond acceptors (Lipinski definition) is 8. The molecule has 13 heteroatoms. The van der Waals surface area contributed by atoms with Gasteiger partial charge in [0.15, 0.2) is 5.65 Å². The Hall–Kier alpha value is -4.26. The van der Waals surface area contributed by atoms with E-state index in [1.807, 2.05) is 0 Å². The Bertz CT molecular complexity index is 1880. The number of pyridine rings is 1. The number of alkyl halides is 3. The molecule has 0 aliphatic heterocycles. The monoisotopic (exact) mass is 596 g/mol. The van der Waals surface area contributed by atoms with Gasteiger partial charge in [-0.25, -0.2) is 27.3 Å². The first kappa shape index (κ1) is 27.9. The maximum atomic E-state index is 14.3. The SMILES string of the molecule is Cc1noc(C)c1-c1ccc2c(-c3nc(NC4CCCC4C)ncc3C(F)(F)F)cn(S(=O)(=O)c3ccccc3)c2n1. The summed E-state index contributed by atoms with van der Waals surface area (Å²) in [7, 11) is -4.27. The molecule has 4 aromatic heterocycles. The average molecular weight is 597 g/mol. The van der Waals surface area contributed by atoms with Crippen molar-refractivity contribution >= 4 is 27.0 Å². The molecule has 1 fully saturated rings. The van der Waals surface area contributed by atoms with Crippen LogP contribution in [-0.2, 0) is 16.2 Å². The summed E-state index contributed by atoms with van der Waals surface area (Å²) in [5, 5.41) is 7.31. The number of halogens is 3. The molecule has 9 nitrogen and oxygen atoms in total. The molecule has 1 aliphatic rings. The fourth-order valence-electron chi connectivity index (χ4n) is 5.53. The second-order valence-corrected chi connectivity index (χ2v) is 12.4. The van der Waals surface area contributed by atoms with Crippen LogP contribution in [-0.4, -0.2) is 38.5 Å². The van der Waals surface area contributed by atoms with E-state index in [-0.39, 0.29) is 33.5 Å². The van der Waals surface area contributed by atoms with Crippen LogP contribution in [0.4, 0.5) is 19.1 Å². The summed E-state index contributed by atoms with van der Waals surface area (Å²) >= 11 is 0. The van der Waals surface area contributed by atoms with Crippen molar-refractivity contribution in [3.8, 4) is 22.5 Å². The lowest BCUT2D eigenvalue weighted by Crippen LogP contribution is -2.23. The van der Waals surface area contributed by atoms with Crippen molar-refractivity contribution < 1.29 is 26.1 Å². The number of aromatic nitrogens is 5. The van der Waals surface area contributed by atoms with Crippen molar-refractivity contribution in [2.45, 2.75) is 57.1 Å². The topological polar surface area (TPSA) is 116 Å². The minimum atomic E-state index is -4.80. The third kappa shape index (κ3) is 4.81. The van der Waals surface area contributed by atoms with E-state index in [1.54, 1.807) is 44.2 Å². The van der Waals surface area contributed by atoms with Gasteiger partial charge in [-0.05, 0) is 56.9 Å². The summed E-state index contributed by atoms with van der Waals surface area (Å²) < 4.78 is 76.9. The summed E-state index contributed by atoms with van der Waals surface area (Å²) in [6, 6.07) is 10.8. The molecule has 218 valence electrons. The van der Waals surface area contributed by atoms with E-state index in [0.717, 1.165) is 35.6 Å². The molecule has 42 heavy (non-hydrogen) atoms. The fourth-order valence-corrected chi connectivity index (χ4v) is 6.87. The third-order valence-electron chi connectivity index (χ3n) is 7.74. The maximum absolute atomic E-state index is 14.3. The fraction of sp³-hybridized carbons (Fsp3) is 0.310. The van der Waals surface area contributed by atoms with Crippen molar-refractivity contribution in [2.24, 2.45) is 5.92 Å². The first-order valence-corrected chi connectivity index (χ1v) is 14.9. The van der Waals surface area contributed by atoms with Crippen LogP contribution in [0.5, 0.6) is 0 Å². The number of rotatable bonds is 6. The molecule has 2 atom stereocenters. The lowest BCUT2D eigenvalue weighted by molar-refractivity contribution is -0.137. The molecular weight excluding hydrogens is 569 g/mol. The Morgan fingerprint density at radius 2 is 1.81 bits per heavy atom. The molecule has 1 aliphatic carbocycles. The van der Waals surface area contributed by atoms with Crippen LogP contribution in [0, 0.1) is 19.8 Å². The minimum Gasteiger partial charge on any atom is -0.361 e. The molecule has 1 aromatic carbocycles. The highest BCUT2D eigenvalue weighted by Crippen LogP contribution is 2.41. The van der Waals surface area contributed by atoms with Crippen molar-refractivity contribution in [1.82, 2.24) is 24.1 Å². The van der Waals surface area contributed by atoms with Crippen molar-refractivity contribution in [1.29, 1.82) is 0 Å². The molecule has 1 N–H and O–H groups in total. The molecular formula is C29H27F3N6O3S. The van der Waals surface area contributed by atoms with Gasteiger partial charge in [-0.2, -0.15) is 13.2 Å². The summed E-state index contributed by atoms with van der Waals surface area (Å²) in [4.78, 5) is 12.9. The van der Waals surface area contributed by atoms with Crippen molar-refractivity contribution in [3.63, 3.8) is 0 Å². The molecule has 5 aromatic rings. The van der Waals surface area contributed by atoms with E-state index in [1.165, 1.54) is 12.1 Å². The van der Waals surface area contributed by atoms with E-state index in [0.29, 0.717) is 28.6 Å². The number of nitrogens with zero attached hydrogens (tertiary/aromatic N) is 5. The van der Waals surface area contributed by atoms with E-state index in [9.17, 15) is 21.6 Å². The lowest BCUT2D eigenvalue weighted by Gasteiger charge is -2.19. The van der Waals surface area contributed by atoms with Crippen LogP contribution < -0.4 is 5.32 Å². The van der Waals surface area contributed by atoms with E-state index in [4.69, 9.17) is 4.52 Å².